The molecular weight excluding hydrogens is 228 g/mol. The highest BCUT2D eigenvalue weighted by molar-refractivity contribution is 5.59. The van der Waals surface area contributed by atoms with Gasteiger partial charge in [0.15, 0.2) is 0 Å². The molecule has 0 radical (unpaired) electrons. The minimum absolute atomic E-state index is 0.247. The Morgan fingerprint density at radius 1 is 1.05 bits per heavy atom. The van der Waals surface area contributed by atoms with Crippen molar-refractivity contribution in [3.8, 4) is 0 Å². The largest absolute Gasteiger partial charge is 0.0789 e. The molecule has 0 bridgehead atoms. The Morgan fingerprint density at radius 3 is 2.16 bits per heavy atom. The first-order valence-electron chi connectivity index (χ1n) is 7.23. The zero-order valence-corrected chi connectivity index (χ0v) is 14.0. The lowest BCUT2D eigenvalue weighted by atomic mass is 9.95. The molecule has 0 heterocycles. The van der Waals surface area contributed by atoms with Crippen molar-refractivity contribution in [1.29, 1.82) is 0 Å². The predicted molar refractivity (Wildman–Crippen MR) is 89.5 cm³/mol. The summed E-state index contributed by atoms with van der Waals surface area (Å²) in [6.45, 7) is 17.1. The van der Waals surface area contributed by atoms with Crippen LogP contribution in [0.3, 0.4) is 0 Å². The van der Waals surface area contributed by atoms with Gasteiger partial charge in [0.05, 0.1) is 0 Å². The van der Waals surface area contributed by atoms with E-state index in [-0.39, 0.29) is 5.41 Å². The van der Waals surface area contributed by atoms with Crippen molar-refractivity contribution in [3.63, 3.8) is 0 Å². The summed E-state index contributed by atoms with van der Waals surface area (Å²) in [6, 6.07) is 6.46. The van der Waals surface area contributed by atoms with Gasteiger partial charge in [-0.2, -0.15) is 0 Å². The molecule has 0 fully saturated rings. The van der Waals surface area contributed by atoms with Gasteiger partial charge in [-0.15, -0.1) is 0 Å². The molecule has 0 heteroatoms. The van der Waals surface area contributed by atoms with E-state index in [1.54, 1.807) is 0 Å². The third-order valence-corrected chi connectivity index (χ3v) is 2.88. The lowest BCUT2D eigenvalue weighted by Crippen LogP contribution is -1.98. The molecule has 1 aromatic carbocycles. The maximum atomic E-state index is 2.25. The van der Waals surface area contributed by atoms with Gasteiger partial charge in [-0.1, -0.05) is 76.6 Å². The Balaban J connectivity index is 0.00000154. The Morgan fingerprint density at radius 2 is 1.63 bits per heavy atom. The Bertz CT molecular complexity index is 440. The highest BCUT2D eigenvalue weighted by Gasteiger charge is 2.03. The zero-order chi connectivity index (χ0) is 15.1. The van der Waals surface area contributed by atoms with Crippen molar-refractivity contribution in [3.05, 3.63) is 52.6 Å². The fourth-order valence-corrected chi connectivity index (χ4v) is 1.60. The molecule has 19 heavy (non-hydrogen) atoms. The van der Waals surface area contributed by atoms with E-state index in [0.717, 1.165) is 0 Å². The van der Waals surface area contributed by atoms with Gasteiger partial charge < -0.3 is 0 Å². The second-order valence-corrected chi connectivity index (χ2v) is 5.88. The van der Waals surface area contributed by atoms with E-state index in [4.69, 9.17) is 0 Å². The van der Waals surface area contributed by atoms with E-state index in [9.17, 15) is 0 Å². The second-order valence-electron chi connectivity index (χ2n) is 5.88. The molecule has 0 N–H and O–H groups in total. The van der Waals surface area contributed by atoms with Crippen LogP contribution in [0.15, 0.2) is 35.9 Å². The minimum atomic E-state index is 0.247. The number of hydrogen-bond donors (Lipinski definition) is 0. The van der Waals surface area contributed by atoms with Crippen LogP contribution < -0.4 is 0 Å². The van der Waals surface area contributed by atoms with Crippen LogP contribution in [-0.4, -0.2) is 0 Å². The van der Waals surface area contributed by atoms with E-state index in [2.05, 4.69) is 78.0 Å². The average Bonchev–Trinajstić information content (AvgIpc) is 2.34. The quantitative estimate of drug-likeness (QED) is 0.543. The summed E-state index contributed by atoms with van der Waals surface area (Å²) in [5.74, 6) is 0. The molecule has 0 amide bonds. The summed E-state index contributed by atoms with van der Waals surface area (Å²) >= 11 is 0. The van der Waals surface area contributed by atoms with Crippen molar-refractivity contribution in [2.45, 2.75) is 55.4 Å². The molecule has 0 spiro atoms. The molecule has 0 unspecified atom stereocenters. The van der Waals surface area contributed by atoms with Crippen LogP contribution >= 0.6 is 0 Å². The van der Waals surface area contributed by atoms with E-state index in [0.29, 0.717) is 0 Å². The van der Waals surface area contributed by atoms with Gasteiger partial charge in [0.1, 0.15) is 0 Å². The SMILES string of the molecule is C/C(C=CC(C)(C)C)=C/c1cccc(C)c1C.CC. The van der Waals surface area contributed by atoms with Gasteiger partial charge in [-0.3, -0.25) is 0 Å². The second kappa shape index (κ2) is 7.99. The minimum Gasteiger partial charge on any atom is -0.0789 e. The van der Waals surface area contributed by atoms with E-state index < -0.39 is 0 Å². The van der Waals surface area contributed by atoms with Crippen LogP contribution in [0.1, 0.15) is 58.2 Å². The smallest absolute Gasteiger partial charge is 0.0200 e. The molecule has 1 aromatic rings. The van der Waals surface area contributed by atoms with Crippen molar-refractivity contribution in [2.75, 3.05) is 0 Å². The molecule has 0 nitrogen and oxygen atoms in total. The van der Waals surface area contributed by atoms with Crippen LogP contribution in [0.4, 0.5) is 0 Å². The normalized spacial score (nSPS) is 12.3. The Labute approximate surface area is 120 Å². The highest BCUT2D eigenvalue weighted by atomic mass is 14.1. The molecular formula is C19H30. The number of rotatable bonds is 2. The summed E-state index contributed by atoms with van der Waals surface area (Å²) < 4.78 is 0. The Hall–Kier alpha value is -1.30. The van der Waals surface area contributed by atoms with E-state index >= 15 is 0 Å². The summed E-state index contributed by atoms with van der Waals surface area (Å²) in [4.78, 5) is 0. The van der Waals surface area contributed by atoms with Gasteiger partial charge in [0.2, 0.25) is 0 Å². The molecule has 0 aromatic heterocycles. The molecule has 0 aliphatic heterocycles. The third kappa shape index (κ3) is 7.00. The van der Waals surface area contributed by atoms with Crippen molar-refractivity contribution < 1.29 is 0 Å². The van der Waals surface area contributed by atoms with Crippen LogP contribution in [0.2, 0.25) is 0 Å². The number of allylic oxidation sites excluding steroid dienone is 3. The number of hydrogen-bond acceptors (Lipinski definition) is 0. The summed E-state index contributed by atoms with van der Waals surface area (Å²) in [7, 11) is 0. The first-order chi connectivity index (χ1) is 8.79. The summed E-state index contributed by atoms with van der Waals surface area (Å²) in [5.41, 5.74) is 5.59. The van der Waals surface area contributed by atoms with Crippen LogP contribution in [0.25, 0.3) is 6.08 Å². The monoisotopic (exact) mass is 258 g/mol. The average molecular weight is 258 g/mol. The van der Waals surface area contributed by atoms with Gasteiger partial charge >= 0.3 is 0 Å². The Kier molecular flexibility index (Phi) is 7.44. The lowest BCUT2D eigenvalue weighted by molar-refractivity contribution is 0.544. The standard InChI is InChI=1S/C17H24.C2H6/c1-13(10-11-17(4,5)6)12-16-9-7-8-14(2)15(16)3;1-2/h7-12H,1-6H3;1-2H3/b11-10?,13-12-;. The van der Waals surface area contributed by atoms with Crippen LogP contribution in [0, 0.1) is 19.3 Å². The van der Waals surface area contributed by atoms with Gasteiger partial charge in [0.25, 0.3) is 0 Å². The summed E-state index contributed by atoms with van der Waals surface area (Å²) in [6.07, 6.45) is 6.72. The fourth-order valence-electron chi connectivity index (χ4n) is 1.60. The number of benzene rings is 1. The highest BCUT2D eigenvalue weighted by Crippen LogP contribution is 2.19. The molecule has 106 valence electrons. The molecule has 0 aliphatic carbocycles. The third-order valence-electron chi connectivity index (χ3n) is 2.88. The molecule has 0 saturated carbocycles. The van der Waals surface area contributed by atoms with E-state index in [1.807, 2.05) is 13.8 Å². The van der Waals surface area contributed by atoms with Crippen LogP contribution in [0.5, 0.6) is 0 Å². The topological polar surface area (TPSA) is 0 Å². The fraction of sp³-hybridized carbons (Fsp3) is 0.474. The number of aryl methyl sites for hydroxylation is 1. The van der Waals surface area contributed by atoms with Gasteiger partial charge in [-0.25, -0.2) is 0 Å². The van der Waals surface area contributed by atoms with Crippen molar-refractivity contribution >= 4 is 6.08 Å². The van der Waals surface area contributed by atoms with Gasteiger partial charge in [0, 0.05) is 0 Å². The first-order valence-corrected chi connectivity index (χ1v) is 7.23. The molecule has 1 rings (SSSR count). The van der Waals surface area contributed by atoms with Crippen LogP contribution in [-0.2, 0) is 0 Å². The van der Waals surface area contributed by atoms with E-state index in [1.165, 1.54) is 22.3 Å². The van der Waals surface area contributed by atoms with Gasteiger partial charge in [-0.05, 0) is 42.9 Å². The molecule has 0 aliphatic rings. The van der Waals surface area contributed by atoms with Crippen molar-refractivity contribution in [2.24, 2.45) is 5.41 Å². The first kappa shape index (κ1) is 17.7. The summed E-state index contributed by atoms with van der Waals surface area (Å²) in [5, 5.41) is 0. The zero-order valence-electron chi connectivity index (χ0n) is 14.0. The predicted octanol–water partition coefficient (Wildman–Crippen LogP) is 6.34. The maximum absolute atomic E-state index is 2.25. The molecule has 0 atom stereocenters. The maximum Gasteiger partial charge on any atom is -0.0200 e. The van der Waals surface area contributed by atoms with Crippen molar-refractivity contribution in [1.82, 2.24) is 0 Å². The lowest BCUT2D eigenvalue weighted by Gasteiger charge is -2.11. The molecule has 0 saturated heterocycles.